The summed E-state index contributed by atoms with van der Waals surface area (Å²) in [7, 11) is 0. The zero-order valence-corrected chi connectivity index (χ0v) is 15.6. The van der Waals surface area contributed by atoms with Crippen molar-refractivity contribution in [3.05, 3.63) is 65.2 Å². The first-order chi connectivity index (χ1) is 13.2. The van der Waals surface area contributed by atoms with Crippen LogP contribution < -0.4 is 10.1 Å². The van der Waals surface area contributed by atoms with Crippen molar-refractivity contribution in [1.29, 1.82) is 0 Å². The number of nitrogens with one attached hydrogen (secondary N) is 1. The monoisotopic (exact) mass is 365 g/mol. The molecule has 4 heteroatoms. The summed E-state index contributed by atoms with van der Waals surface area (Å²) in [5.41, 5.74) is 4.02. The molecule has 142 valence electrons. The van der Waals surface area contributed by atoms with Gasteiger partial charge in [-0.05, 0) is 72.9 Å². The Bertz CT molecular complexity index is 785. The van der Waals surface area contributed by atoms with Gasteiger partial charge >= 0.3 is 5.97 Å². The van der Waals surface area contributed by atoms with Crippen molar-refractivity contribution in [2.24, 2.45) is 11.8 Å². The highest BCUT2D eigenvalue weighted by atomic mass is 16.5. The number of ether oxygens (including phenoxy) is 1. The van der Waals surface area contributed by atoms with Gasteiger partial charge in [0.25, 0.3) is 0 Å². The molecular formula is C23H27NO3. The van der Waals surface area contributed by atoms with Crippen molar-refractivity contribution in [2.45, 2.75) is 31.6 Å². The number of hydrogen-bond donors (Lipinski definition) is 2. The highest BCUT2D eigenvalue weighted by Crippen LogP contribution is 2.42. The number of rotatable bonds is 8. The third-order valence-corrected chi connectivity index (χ3v) is 5.73. The van der Waals surface area contributed by atoms with Crippen molar-refractivity contribution in [1.82, 2.24) is 5.32 Å². The molecule has 2 aromatic carbocycles. The van der Waals surface area contributed by atoms with Gasteiger partial charge in [-0.3, -0.25) is 4.79 Å². The minimum atomic E-state index is -0.806. The standard InChI is InChI=1S/C23H27NO3/c25-22(26)14-24-13-19-9-8-18-12-20(27-15-16-6-7-16)10-11-21(18)23(19)17-4-2-1-3-5-17/h1-5,10-12,16,19,23-24H,6-9,13-15H2,(H,25,26). The van der Waals surface area contributed by atoms with Gasteiger partial charge in [-0.1, -0.05) is 36.4 Å². The molecule has 2 aromatic rings. The second kappa shape index (κ2) is 8.13. The maximum atomic E-state index is 10.9. The number of hydrogen-bond acceptors (Lipinski definition) is 3. The molecule has 2 N–H and O–H groups in total. The van der Waals surface area contributed by atoms with Gasteiger partial charge in [-0.2, -0.15) is 0 Å². The lowest BCUT2D eigenvalue weighted by Gasteiger charge is -2.34. The number of aliphatic carboxylic acids is 1. The Morgan fingerprint density at radius 2 is 1.93 bits per heavy atom. The molecule has 2 aliphatic carbocycles. The van der Waals surface area contributed by atoms with Gasteiger partial charge in [-0.15, -0.1) is 0 Å². The summed E-state index contributed by atoms with van der Waals surface area (Å²) in [6.07, 6.45) is 4.65. The third kappa shape index (κ3) is 4.51. The van der Waals surface area contributed by atoms with E-state index >= 15 is 0 Å². The van der Waals surface area contributed by atoms with Crippen molar-refractivity contribution >= 4 is 5.97 Å². The zero-order valence-electron chi connectivity index (χ0n) is 15.6. The largest absolute Gasteiger partial charge is 0.493 e. The van der Waals surface area contributed by atoms with E-state index in [0.29, 0.717) is 12.5 Å². The van der Waals surface area contributed by atoms with E-state index in [1.165, 1.54) is 29.5 Å². The predicted molar refractivity (Wildman–Crippen MR) is 105 cm³/mol. The Kier molecular flexibility index (Phi) is 5.44. The molecule has 0 saturated heterocycles. The third-order valence-electron chi connectivity index (χ3n) is 5.73. The van der Waals surface area contributed by atoms with Gasteiger partial charge in [0.1, 0.15) is 5.75 Å². The van der Waals surface area contributed by atoms with Crippen LogP contribution in [0.2, 0.25) is 0 Å². The van der Waals surface area contributed by atoms with Gasteiger partial charge < -0.3 is 15.2 Å². The highest BCUT2D eigenvalue weighted by molar-refractivity contribution is 5.69. The number of carboxylic acids is 1. The highest BCUT2D eigenvalue weighted by Gasteiger charge is 2.31. The first kappa shape index (κ1) is 18.1. The molecule has 1 fully saturated rings. The minimum absolute atomic E-state index is 0.0127. The summed E-state index contributed by atoms with van der Waals surface area (Å²) in [5, 5.41) is 12.0. The first-order valence-corrected chi connectivity index (χ1v) is 9.94. The smallest absolute Gasteiger partial charge is 0.317 e. The zero-order chi connectivity index (χ0) is 18.6. The molecule has 4 rings (SSSR count). The molecular weight excluding hydrogens is 338 g/mol. The van der Waals surface area contributed by atoms with Gasteiger partial charge in [-0.25, -0.2) is 0 Å². The topological polar surface area (TPSA) is 58.6 Å². The fourth-order valence-corrected chi connectivity index (χ4v) is 4.15. The summed E-state index contributed by atoms with van der Waals surface area (Å²) in [6, 6.07) is 17.1. The lowest BCUT2D eigenvalue weighted by Crippen LogP contribution is -2.34. The summed E-state index contributed by atoms with van der Waals surface area (Å²) in [4.78, 5) is 10.9. The Morgan fingerprint density at radius 3 is 2.67 bits per heavy atom. The van der Waals surface area contributed by atoms with E-state index in [4.69, 9.17) is 9.84 Å². The van der Waals surface area contributed by atoms with Crippen molar-refractivity contribution in [3.8, 4) is 5.75 Å². The van der Waals surface area contributed by atoms with Crippen molar-refractivity contribution in [2.75, 3.05) is 19.7 Å². The van der Waals surface area contributed by atoms with Gasteiger partial charge in [0.2, 0.25) is 0 Å². The number of carbonyl (C=O) groups is 1. The molecule has 2 aliphatic rings. The second-order valence-corrected chi connectivity index (χ2v) is 7.83. The molecule has 0 spiro atoms. The molecule has 1 saturated carbocycles. The molecule has 0 amide bonds. The Labute approximate surface area is 160 Å². The predicted octanol–water partition coefficient (Wildman–Crippen LogP) is 3.84. The lowest BCUT2D eigenvalue weighted by molar-refractivity contribution is -0.136. The van der Waals surface area contributed by atoms with E-state index < -0.39 is 5.97 Å². The maximum Gasteiger partial charge on any atom is 0.317 e. The van der Waals surface area contributed by atoms with E-state index in [0.717, 1.165) is 31.1 Å². The van der Waals surface area contributed by atoms with Crippen LogP contribution in [0, 0.1) is 11.8 Å². The van der Waals surface area contributed by atoms with Crippen molar-refractivity contribution < 1.29 is 14.6 Å². The first-order valence-electron chi connectivity index (χ1n) is 9.94. The average Bonchev–Trinajstić information content (AvgIpc) is 3.51. The molecule has 0 aliphatic heterocycles. The van der Waals surface area contributed by atoms with Crippen molar-refractivity contribution in [3.63, 3.8) is 0 Å². The molecule has 4 nitrogen and oxygen atoms in total. The van der Waals surface area contributed by atoms with E-state index in [-0.39, 0.29) is 12.5 Å². The van der Waals surface area contributed by atoms with E-state index in [2.05, 4.69) is 47.8 Å². The quantitative estimate of drug-likeness (QED) is 0.746. The van der Waals surface area contributed by atoms with Crippen LogP contribution in [-0.2, 0) is 11.2 Å². The van der Waals surface area contributed by atoms with E-state index in [1.54, 1.807) is 0 Å². The maximum absolute atomic E-state index is 10.9. The Morgan fingerprint density at radius 1 is 1.11 bits per heavy atom. The summed E-state index contributed by atoms with van der Waals surface area (Å²) in [5.74, 6) is 1.60. The molecule has 0 heterocycles. The molecule has 0 bridgehead atoms. The molecule has 27 heavy (non-hydrogen) atoms. The summed E-state index contributed by atoms with van der Waals surface area (Å²) in [6.45, 7) is 1.56. The molecule has 0 aromatic heterocycles. The molecule has 0 radical (unpaired) electrons. The summed E-state index contributed by atoms with van der Waals surface area (Å²) >= 11 is 0. The number of fused-ring (bicyclic) bond motifs is 1. The second-order valence-electron chi connectivity index (χ2n) is 7.83. The SMILES string of the molecule is O=C(O)CNCC1CCc2cc(OCC3CC3)ccc2C1c1ccccc1. The van der Waals surface area contributed by atoms with Gasteiger partial charge in [0.05, 0.1) is 13.2 Å². The average molecular weight is 365 g/mol. The fourth-order valence-electron chi connectivity index (χ4n) is 4.15. The summed E-state index contributed by atoms with van der Waals surface area (Å²) < 4.78 is 5.98. The van der Waals surface area contributed by atoms with Crippen LogP contribution in [0.3, 0.4) is 0 Å². The van der Waals surface area contributed by atoms with E-state index in [1.807, 2.05) is 6.07 Å². The molecule has 2 atom stereocenters. The van der Waals surface area contributed by atoms with E-state index in [9.17, 15) is 4.79 Å². The number of benzene rings is 2. The van der Waals surface area contributed by atoms with Crippen LogP contribution in [0.4, 0.5) is 0 Å². The lowest BCUT2D eigenvalue weighted by atomic mass is 9.71. The normalized spacial score (nSPS) is 21.5. The van der Waals surface area contributed by atoms with Crippen LogP contribution in [0.5, 0.6) is 5.75 Å². The number of carboxylic acid groups (broad SMARTS) is 1. The van der Waals surface area contributed by atoms with Crippen LogP contribution >= 0.6 is 0 Å². The minimum Gasteiger partial charge on any atom is -0.493 e. The Balaban J connectivity index is 1.56. The van der Waals surface area contributed by atoms with Crippen LogP contribution in [-0.4, -0.2) is 30.8 Å². The van der Waals surface area contributed by atoms with Crippen LogP contribution in [0.25, 0.3) is 0 Å². The van der Waals surface area contributed by atoms with Gasteiger partial charge in [0, 0.05) is 5.92 Å². The fraction of sp³-hybridized carbons (Fsp3) is 0.435. The Hall–Kier alpha value is -2.33. The van der Waals surface area contributed by atoms with Crippen LogP contribution in [0.1, 0.15) is 41.9 Å². The number of aryl methyl sites for hydroxylation is 1. The van der Waals surface area contributed by atoms with Crippen LogP contribution in [0.15, 0.2) is 48.5 Å². The molecule has 2 unspecified atom stereocenters. The van der Waals surface area contributed by atoms with Gasteiger partial charge in [0.15, 0.2) is 0 Å².